The van der Waals surface area contributed by atoms with Gasteiger partial charge in [0.1, 0.15) is 11.3 Å². The van der Waals surface area contributed by atoms with Crippen molar-refractivity contribution in [3.8, 4) is 17.2 Å². The second kappa shape index (κ2) is 7.47. The predicted octanol–water partition coefficient (Wildman–Crippen LogP) is 5.31. The fraction of sp³-hybridized carbons (Fsp3) is 0.0476. The minimum Gasteiger partial charge on any atom is -0.495 e. The number of anilines is 2. The maximum atomic E-state index is 5.83. The Morgan fingerprint density at radius 3 is 2.52 bits per heavy atom. The Hall–Kier alpha value is -3.38. The van der Waals surface area contributed by atoms with E-state index in [2.05, 4.69) is 15.6 Å². The maximum Gasteiger partial charge on any atom is 0.227 e. The van der Waals surface area contributed by atoms with E-state index in [0.29, 0.717) is 16.8 Å². The Labute approximate surface area is 162 Å². The number of hydrogen-bond donors (Lipinski definition) is 2. The number of benzene rings is 3. The maximum absolute atomic E-state index is 5.83. The van der Waals surface area contributed by atoms with Crippen molar-refractivity contribution in [2.45, 2.75) is 0 Å². The summed E-state index contributed by atoms with van der Waals surface area (Å²) in [5, 5.41) is 6.78. The zero-order valence-corrected chi connectivity index (χ0v) is 15.4. The fourth-order valence-corrected chi connectivity index (χ4v) is 2.96. The highest BCUT2D eigenvalue weighted by atomic mass is 32.1. The molecule has 0 amide bonds. The van der Waals surface area contributed by atoms with Crippen molar-refractivity contribution < 1.29 is 9.15 Å². The minimum absolute atomic E-state index is 0.481. The monoisotopic (exact) mass is 375 g/mol. The van der Waals surface area contributed by atoms with Crippen LogP contribution in [0.5, 0.6) is 5.75 Å². The molecule has 0 aliphatic carbocycles. The number of oxazole rings is 1. The normalized spacial score (nSPS) is 10.6. The van der Waals surface area contributed by atoms with E-state index in [1.165, 1.54) is 0 Å². The molecule has 2 N–H and O–H groups in total. The van der Waals surface area contributed by atoms with E-state index in [-0.39, 0.29) is 0 Å². The summed E-state index contributed by atoms with van der Waals surface area (Å²) in [7, 11) is 1.62. The molecule has 0 atom stereocenters. The zero-order chi connectivity index (χ0) is 18.6. The van der Waals surface area contributed by atoms with Crippen LogP contribution in [0.4, 0.5) is 11.4 Å². The minimum atomic E-state index is 0.481. The molecule has 27 heavy (non-hydrogen) atoms. The summed E-state index contributed by atoms with van der Waals surface area (Å²) in [5.41, 5.74) is 4.07. The summed E-state index contributed by atoms with van der Waals surface area (Å²) >= 11 is 5.39. The molecule has 0 saturated carbocycles. The van der Waals surface area contributed by atoms with E-state index in [1.54, 1.807) is 7.11 Å². The lowest BCUT2D eigenvalue weighted by Gasteiger charge is -2.14. The number of aromatic nitrogens is 1. The van der Waals surface area contributed by atoms with E-state index in [0.717, 1.165) is 28.0 Å². The van der Waals surface area contributed by atoms with Gasteiger partial charge < -0.3 is 19.8 Å². The van der Waals surface area contributed by atoms with Crippen molar-refractivity contribution in [2.75, 3.05) is 17.7 Å². The number of thiocarbonyl (C=S) groups is 1. The molecule has 0 aliphatic heterocycles. The molecule has 6 heteroatoms. The van der Waals surface area contributed by atoms with Crippen LogP contribution >= 0.6 is 12.2 Å². The molecule has 0 unspecified atom stereocenters. The highest BCUT2D eigenvalue weighted by molar-refractivity contribution is 7.80. The molecule has 1 heterocycles. The second-order valence-corrected chi connectivity index (χ2v) is 6.26. The first-order valence-corrected chi connectivity index (χ1v) is 8.81. The molecular formula is C21H17N3O2S. The molecule has 1 aromatic heterocycles. The van der Waals surface area contributed by atoms with E-state index in [9.17, 15) is 0 Å². The quantitative estimate of drug-likeness (QED) is 0.471. The van der Waals surface area contributed by atoms with Crippen molar-refractivity contribution in [1.82, 2.24) is 4.98 Å². The van der Waals surface area contributed by atoms with Gasteiger partial charge in [-0.15, -0.1) is 0 Å². The van der Waals surface area contributed by atoms with Crippen LogP contribution < -0.4 is 15.4 Å². The van der Waals surface area contributed by atoms with Crippen LogP contribution in [0.2, 0.25) is 0 Å². The molecule has 3 aromatic carbocycles. The third kappa shape index (κ3) is 3.75. The number of ether oxygens (including phenoxy) is 1. The van der Waals surface area contributed by atoms with E-state index in [4.69, 9.17) is 21.4 Å². The smallest absolute Gasteiger partial charge is 0.227 e. The summed E-state index contributed by atoms with van der Waals surface area (Å²) in [5.74, 6) is 1.19. The molecule has 0 radical (unpaired) electrons. The van der Waals surface area contributed by atoms with Gasteiger partial charge in [0.25, 0.3) is 0 Å². The Morgan fingerprint density at radius 1 is 0.963 bits per heavy atom. The summed E-state index contributed by atoms with van der Waals surface area (Å²) in [6, 6.07) is 23.1. The van der Waals surface area contributed by atoms with E-state index in [1.807, 2.05) is 72.8 Å². The van der Waals surface area contributed by atoms with Crippen LogP contribution in [0.3, 0.4) is 0 Å². The van der Waals surface area contributed by atoms with Crippen LogP contribution in [-0.4, -0.2) is 17.2 Å². The lowest BCUT2D eigenvalue weighted by molar-refractivity contribution is 0.417. The van der Waals surface area contributed by atoms with Gasteiger partial charge in [-0.1, -0.05) is 30.3 Å². The van der Waals surface area contributed by atoms with Gasteiger partial charge in [-0.05, 0) is 54.7 Å². The van der Waals surface area contributed by atoms with Gasteiger partial charge in [-0.25, -0.2) is 4.98 Å². The standard InChI is InChI=1S/C21H17N3O2S/c1-25-19-13-14(20-23-16-9-5-6-10-18(16)26-20)11-12-17(19)24-21(27)22-15-7-3-2-4-8-15/h2-13H,1H3,(H2,22,24,27). The summed E-state index contributed by atoms with van der Waals surface area (Å²) in [6.07, 6.45) is 0. The van der Waals surface area contributed by atoms with Crippen LogP contribution in [0.25, 0.3) is 22.6 Å². The van der Waals surface area contributed by atoms with Gasteiger partial charge in [-0.3, -0.25) is 0 Å². The van der Waals surface area contributed by atoms with Crippen molar-refractivity contribution in [3.05, 3.63) is 72.8 Å². The molecule has 0 fully saturated rings. The first-order valence-electron chi connectivity index (χ1n) is 8.40. The van der Waals surface area contributed by atoms with Crippen LogP contribution in [0.15, 0.2) is 77.2 Å². The molecule has 0 saturated heterocycles. The third-order valence-electron chi connectivity index (χ3n) is 4.02. The Morgan fingerprint density at radius 2 is 1.74 bits per heavy atom. The Balaban J connectivity index is 1.57. The average Bonchev–Trinajstić information content (AvgIpc) is 3.13. The van der Waals surface area contributed by atoms with Gasteiger partial charge in [0.15, 0.2) is 10.7 Å². The lowest BCUT2D eigenvalue weighted by atomic mass is 10.2. The van der Waals surface area contributed by atoms with Crippen LogP contribution in [-0.2, 0) is 0 Å². The van der Waals surface area contributed by atoms with Gasteiger partial charge in [0.05, 0.1) is 12.8 Å². The lowest BCUT2D eigenvalue weighted by Crippen LogP contribution is -2.19. The number of nitrogens with one attached hydrogen (secondary N) is 2. The number of fused-ring (bicyclic) bond motifs is 1. The topological polar surface area (TPSA) is 59.3 Å². The van der Waals surface area contributed by atoms with Crippen molar-refractivity contribution in [2.24, 2.45) is 0 Å². The van der Waals surface area contributed by atoms with Crippen molar-refractivity contribution in [3.63, 3.8) is 0 Å². The van der Waals surface area contributed by atoms with Crippen molar-refractivity contribution in [1.29, 1.82) is 0 Å². The molecular weight excluding hydrogens is 358 g/mol. The Bertz CT molecular complexity index is 1060. The molecule has 0 bridgehead atoms. The number of hydrogen-bond acceptors (Lipinski definition) is 4. The molecule has 0 aliphatic rings. The predicted molar refractivity (Wildman–Crippen MR) is 112 cm³/mol. The summed E-state index contributed by atoms with van der Waals surface area (Å²) in [4.78, 5) is 4.52. The molecule has 4 rings (SSSR count). The largest absolute Gasteiger partial charge is 0.495 e. The van der Waals surface area contributed by atoms with Gasteiger partial charge >= 0.3 is 0 Å². The highest BCUT2D eigenvalue weighted by Crippen LogP contribution is 2.32. The number of para-hydroxylation sites is 3. The van der Waals surface area contributed by atoms with Gasteiger partial charge in [0.2, 0.25) is 5.89 Å². The molecule has 4 aromatic rings. The molecule has 5 nitrogen and oxygen atoms in total. The highest BCUT2D eigenvalue weighted by Gasteiger charge is 2.12. The molecule has 0 spiro atoms. The first-order chi connectivity index (χ1) is 13.2. The van der Waals surface area contributed by atoms with E-state index < -0.39 is 0 Å². The SMILES string of the molecule is COc1cc(-c2nc3ccccc3o2)ccc1NC(=S)Nc1ccccc1. The average molecular weight is 375 g/mol. The first kappa shape index (κ1) is 17.1. The van der Waals surface area contributed by atoms with Crippen LogP contribution in [0.1, 0.15) is 0 Å². The number of nitrogens with zero attached hydrogens (tertiary/aromatic N) is 1. The van der Waals surface area contributed by atoms with Gasteiger partial charge in [-0.2, -0.15) is 0 Å². The zero-order valence-electron chi connectivity index (χ0n) is 14.6. The third-order valence-corrected chi connectivity index (χ3v) is 4.23. The number of rotatable bonds is 4. The van der Waals surface area contributed by atoms with Crippen molar-refractivity contribution >= 4 is 39.8 Å². The fourth-order valence-electron chi connectivity index (χ4n) is 2.73. The summed E-state index contributed by atoms with van der Waals surface area (Å²) in [6.45, 7) is 0. The molecule has 134 valence electrons. The van der Waals surface area contributed by atoms with Gasteiger partial charge in [0, 0.05) is 11.3 Å². The second-order valence-electron chi connectivity index (χ2n) is 5.85. The Kier molecular flexibility index (Phi) is 4.72. The number of methoxy groups -OCH3 is 1. The van der Waals surface area contributed by atoms with E-state index >= 15 is 0 Å². The van der Waals surface area contributed by atoms with Crippen LogP contribution in [0, 0.1) is 0 Å². The summed E-state index contributed by atoms with van der Waals surface area (Å²) < 4.78 is 11.3.